The Bertz CT molecular complexity index is 391. The summed E-state index contributed by atoms with van der Waals surface area (Å²) in [5.41, 5.74) is 1.33. The first-order valence-corrected chi connectivity index (χ1v) is 6.82. The molecule has 2 aliphatic heterocycles. The van der Waals surface area contributed by atoms with Gasteiger partial charge in [-0.1, -0.05) is 30.3 Å². The molecule has 0 N–H and O–H groups in total. The zero-order valence-corrected chi connectivity index (χ0v) is 11.0. The fourth-order valence-corrected chi connectivity index (χ4v) is 3.07. The van der Waals surface area contributed by atoms with Gasteiger partial charge in [-0.25, -0.2) is 0 Å². The van der Waals surface area contributed by atoms with Gasteiger partial charge in [-0.3, -0.25) is 4.90 Å². The van der Waals surface area contributed by atoms with Crippen molar-refractivity contribution in [2.24, 2.45) is 0 Å². The third kappa shape index (κ3) is 2.58. The monoisotopic (exact) mass is 247 g/mol. The van der Waals surface area contributed by atoms with Gasteiger partial charge in [-0.05, 0) is 31.9 Å². The van der Waals surface area contributed by atoms with E-state index in [1.165, 1.54) is 12.0 Å². The minimum atomic E-state index is -0.0492. The second-order valence-electron chi connectivity index (χ2n) is 5.48. The summed E-state index contributed by atoms with van der Waals surface area (Å²) in [5, 5.41) is 0. The van der Waals surface area contributed by atoms with E-state index in [0.717, 1.165) is 32.7 Å². The molecule has 3 nitrogen and oxygen atoms in total. The minimum absolute atomic E-state index is 0.0401. The fraction of sp³-hybridized carbons (Fsp3) is 0.600. The Morgan fingerprint density at radius 3 is 2.89 bits per heavy atom. The van der Waals surface area contributed by atoms with Crippen molar-refractivity contribution < 1.29 is 9.47 Å². The average molecular weight is 247 g/mol. The van der Waals surface area contributed by atoms with Crippen molar-refractivity contribution in [3.05, 3.63) is 35.9 Å². The molecular formula is C15H21NO2. The first kappa shape index (κ1) is 12.2. The van der Waals surface area contributed by atoms with Crippen LogP contribution >= 0.6 is 0 Å². The van der Waals surface area contributed by atoms with Crippen LogP contribution in [0.15, 0.2) is 30.3 Å². The number of piperidine rings is 1. The van der Waals surface area contributed by atoms with Crippen molar-refractivity contribution >= 4 is 0 Å². The quantitative estimate of drug-likeness (QED) is 0.801. The van der Waals surface area contributed by atoms with Crippen LogP contribution in [0.1, 0.15) is 25.3 Å². The fourth-order valence-electron chi connectivity index (χ4n) is 3.07. The Hall–Kier alpha value is -0.900. The van der Waals surface area contributed by atoms with E-state index in [1.807, 2.05) is 6.92 Å². The number of ether oxygens (including phenoxy) is 2. The van der Waals surface area contributed by atoms with Gasteiger partial charge in [0.25, 0.3) is 0 Å². The third-order valence-corrected chi connectivity index (χ3v) is 3.86. The first-order chi connectivity index (χ1) is 8.76. The lowest BCUT2D eigenvalue weighted by molar-refractivity contribution is -0.100. The molecule has 2 aliphatic rings. The van der Waals surface area contributed by atoms with Gasteiger partial charge in [-0.15, -0.1) is 0 Å². The molecule has 0 unspecified atom stereocenters. The highest BCUT2D eigenvalue weighted by molar-refractivity contribution is 5.14. The van der Waals surface area contributed by atoms with E-state index in [4.69, 9.17) is 9.47 Å². The molecule has 0 aliphatic carbocycles. The molecule has 1 aromatic carbocycles. The average Bonchev–Trinajstić information content (AvgIpc) is 2.72. The second-order valence-corrected chi connectivity index (χ2v) is 5.48. The Labute approximate surface area is 109 Å². The Kier molecular flexibility index (Phi) is 3.37. The predicted molar refractivity (Wildman–Crippen MR) is 70.2 cm³/mol. The van der Waals surface area contributed by atoms with Crippen LogP contribution in [0.3, 0.4) is 0 Å². The van der Waals surface area contributed by atoms with Gasteiger partial charge >= 0.3 is 0 Å². The molecule has 0 bridgehead atoms. The van der Waals surface area contributed by atoms with Gasteiger partial charge in [0.15, 0.2) is 6.29 Å². The van der Waals surface area contributed by atoms with Crippen LogP contribution in [0.4, 0.5) is 0 Å². The van der Waals surface area contributed by atoms with E-state index < -0.39 is 0 Å². The number of benzene rings is 1. The van der Waals surface area contributed by atoms with Gasteiger partial charge in [0, 0.05) is 13.1 Å². The zero-order valence-electron chi connectivity index (χ0n) is 11.0. The summed E-state index contributed by atoms with van der Waals surface area (Å²) in [7, 11) is 0. The summed E-state index contributed by atoms with van der Waals surface area (Å²) >= 11 is 0. The van der Waals surface area contributed by atoms with Crippen LogP contribution in [0.25, 0.3) is 0 Å². The molecule has 2 atom stereocenters. The normalized spacial score (nSPS) is 33.1. The molecule has 3 rings (SSSR count). The lowest BCUT2D eigenvalue weighted by Crippen LogP contribution is -2.49. The predicted octanol–water partition coefficient (Wildman–Crippen LogP) is 2.41. The maximum Gasteiger partial charge on any atom is 0.155 e. The number of nitrogens with zero attached hydrogens (tertiary/aromatic N) is 1. The van der Waals surface area contributed by atoms with Crippen molar-refractivity contribution in [2.75, 3.05) is 19.7 Å². The van der Waals surface area contributed by atoms with Crippen LogP contribution < -0.4 is 0 Å². The summed E-state index contributed by atoms with van der Waals surface area (Å²) < 4.78 is 11.6. The highest BCUT2D eigenvalue weighted by atomic mass is 16.7. The Balaban J connectivity index is 1.64. The van der Waals surface area contributed by atoms with E-state index in [1.54, 1.807) is 0 Å². The standard InChI is InChI=1S/C15H21NO2/c1-13-17-12-15(18-13)8-5-9-16(11-15)10-14-6-3-2-4-7-14/h2-4,6-7,13H,5,8-12H2,1H3/t13-,15-/m1/s1. The van der Waals surface area contributed by atoms with Crippen LogP contribution in [-0.4, -0.2) is 36.5 Å². The number of likely N-dealkylation sites (tertiary alicyclic amines) is 1. The van der Waals surface area contributed by atoms with Crippen molar-refractivity contribution in [3.8, 4) is 0 Å². The third-order valence-electron chi connectivity index (χ3n) is 3.86. The molecule has 1 aromatic rings. The molecule has 0 amide bonds. The molecule has 3 heteroatoms. The van der Waals surface area contributed by atoms with Gasteiger partial charge in [0.05, 0.1) is 6.61 Å². The molecule has 18 heavy (non-hydrogen) atoms. The molecule has 2 saturated heterocycles. The van der Waals surface area contributed by atoms with E-state index in [-0.39, 0.29) is 11.9 Å². The lowest BCUT2D eigenvalue weighted by atomic mass is 9.93. The highest BCUT2D eigenvalue weighted by Crippen LogP contribution is 2.32. The van der Waals surface area contributed by atoms with Gasteiger partial charge in [-0.2, -0.15) is 0 Å². The summed E-state index contributed by atoms with van der Waals surface area (Å²) in [5.74, 6) is 0. The molecule has 1 spiro atoms. The van der Waals surface area contributed by atoms with Crippen molar-refractivity contribution in [1.82, 2.24) is 4.90 Å². The van der Waals surface area contributed by atoms with Crippen LogP contribution in [-0.2, 0) is 16.0 Å². The second kappa shape index (κ2) is 5.00. The number of hydrogen-bond donors (Lipinski definition) is 0. The molecular weight excluding hydrogens is 226 g/mol. The Morgan fingerprint density at radius 2 is 2.17 bits per heavy atom. The summed E-state index contributed by atoms with van der Waals surface area (Å²) in [6.45, 7) is 5.91. The van der Waals surface area contributed by atoms with E-state index >= 15 is 0 Å². The first-order valence-electron chi connectivity index (χ1n) is 6.82. The van der Waals surface area contributed by atoms with E-state index in [2.05, 4.69) is 35.2 Å². The van der Waals surface area contributed by atoms with E-state index in [9.17, 15) is 0 Å². The molecule has 0 aromatic heterocycles. The van der Waals surface area contributed by atoms with Gasteiger partial charge in [0.1, 0.15) is 5.60 Å². The number of rotatable bonds is 2. The van der Waals surface area contributed by atoms with Crippen LogP contribution in [0.5, 0.6) is 0 Å². The topological polar surface area (TPSA) is 21.7 Å². The van der Waals surface area contributed by atoms with Crippen molar-refractivity contribution in [1.29, 1.82) is 0 Å². The molecule has 2 heterocycles. The number of hydrogen-bond acceptors (Lipinski definition) is 3. The van der Waals surface area contributed by atoms with Crippen molar-refractivity contribution in [2.45, 2.75) is 38.2 Å². The maximum atomic E-state index is 5.99. The lowest BCUT2D eigenvalue weighted by Gasteiger charge is -2.38. The van der Waals surface area contributed by atoms with Crippen molar-refractivity contribution in [3.63, 3.8) is 0 Å². The minimum Gasteiger partial charge on any atom is -0.350 e. The maximum absolute atomic E-state index is 5.99. The highest BCUT2D eigenvalue weighted by Gasteiger charge is 2.42. The molecule has 98 valence electrons. The molecule has 0 radical (unpaired) electrons. The van der Waals surface area contributed by atoms with Crippen LogP contribution in [0, 0.1) is 0 Å². The summed E-state index contributed by atoms with van der Waals surface area (Å²) in [6.07, 6.45) is 2.28. The molecule has 2 fully saturated rings. The Morgan fingerprint density at radius 1 is 1.33 bits per heavy atom. The van der Waals surface area contributed by atoms with Gasteiger partial charge < -0.3 is 9.47 Å². The summed E-state index contributed by atoms with van der Waals surface area (Å²) in [6, 6.07) is 10.7. The van der Waals surface area contributed by atoms with Gasteiger partial charge in [0.2, 0.25) is 0 Å². The zero-order chi connectivity index (χ0) is 12.4. The largest absolute Gasteiger partial charge is 0.350 e. The van der Waals surface area contributed by atoms with E-state index in [0.29, 0.717) is 0 Å². The smallest absolute Gasteiger partial charge is 0.155 e. The molecule has 0 saturated carbocycles. The van der Waals surface area contributed by atoms with Crippen LogP contribution in [0.2, 0.25) is 0 Å². The SMILES string of the molecule is C[C@@H]1OC[C@]2(CCCN(Cc3ccccc3)C2)O1. The summed E-state index contributed by atoms with van der Waals surface area (Å²) in [4.78, 5) is 2.49.